The van der Waals surface area contributed by atoms with Crippen molar-refractivity contribution >= 4 is 28.7 Å². The van der Waals surface area contributed by atoms with Crippen LogP contribution in [-0.4, -0.2) is 41.5 Å². The number of hydrogen-bond donors (Lipinski definition) is 1. The second-order valence-electron chi connectivity index (χ2n) is 10.5. The van der Waals surface area contributed by atoms with Crippen molar-refractivity contribution in [3.05, 3.63) is 131 Å². The smallest absolute Gasteiger partial charge is 0.414 e. The van der Waals surface area contributed by atoms with Gasteiger partial charge in [-0.15, -0.1) is 0 Å². The Morgan fingerprint density at radius 1 is 0.837 bits per heavy atom. The predicted octanol–water partition coefficient (Wildman–Crippen LogP) is 6.12. The van der Waals surface area contributed by atoms with Gasteiger partial charge in [0.15, 0.2) is 0 Å². The van der Waals surface area contributed by atoms with Gasteiger partial charge in [-0.2, -0.15) is 0 Å². The zero-order valence-electron chi connectivity index (χ0n) is 23.8. The van der Waals surface area contributed by atoms with Gasteiger partial charge in [0.1, 0.15) is 24.7 Å². The molecule has 5 aromatic rings. The van der Waals surface area contributed by atoms with E-state index in [0.29, 0.717) is 41.0 Å². The van der Waals surface area contributed by atoms with E-state index in [0.717, 1.165) is 22.3 Å². The first-order chi connectivity index (χ1) is 21.0. The van der Waals surface area contributed by atoms with Crippen LogP contribution in [0.25, 0.3) is 10.9 Å². The summed E-state index contributed by atoms with van der Waals surface area (Å²) in [5.74, 6) is 0.00584. The Morgan fingerprint density at radius 3 is 2.07 bits per heavy atom. The Morgan fingerprint density at radius 2 is 1.44 bits per heavy atom. The number of hydrogen-bond acceptors (Lipinski definition) is 6. The summed E-state index contributed by atoms with van der Waals surface area (Å²) in [7, 11) is 1.35. The number of rotatable bonds is 8. The number of nitrogens with zero attached hydrogens (tertiary/aromatic N) is 2. The summed E-state index contributed by atoms with van der Waals surface area (Å²) in [6.45, 7) is 0.834. The highest BCUT2D eigenvalue weighted by molar-refractivity contribution is 6.03. The number of carbonyl (C=O) groups excluding carboxylic acids is 2. The molecule has 8 heteroatoms. The normalized spacial score (nSPS) is 14.3. The van der Waals surface area contributed by atoms with E-state index in [9.17, 15) is 14.7 Å². The Hall–Kier alpha value is -5.08. The Bertz CT molecular complexity index is 1730. The number of anilines is 1. The summed E-state index contributed by atoms with van der Waals surface area (Å²) in [4.78, 5) is 28.0. The highest BCUT2D eigenvalue weighted by Gasteiger charge is 2.33. The van der Waals surface area contributed by atoms with E-state index in [1.165, 1.54) is 12.0 Å². The lowest BCUT2D eigenvalue weighted by molar-refractivity contribution is 0.0589. The Labute approximate surface area is 249 Å². The maximum absolute atomic E-state index is 13.4. The molecule has 0 saturated heterocycles. The second-order valence-corrected chi connectivity index (χ2v) is 10.5. The lowest BCUT2D eigenvalue weighted by Gasteiger charge is -2.33. The zero-order valence-corrected chi connectivity index (χ0v) is 23.8. The molecule has 0 bridgehead atoms. The zero-order chi connectivity index (χ0) is 29.8. The fourth-order valence-corrected chi connectivity index (χ4v) is 5.55. The van der Waals surface area contributed by atoms with E-state index in [2.05, 4.69) is 0 Å². The molecule has 1 aromatic heterocycles. The Balaban J connectivity index is 1.48. The van der Waals surface area contributed by atoms with Gasteiger partial charge in [0.25, 0.3) is 0 Å². The van der Waals surface area contributed by atoms with E-state index < -0.39 is 18.2 Å². The number of amides is 1. The van der Waals surface area contributed by atoms with Crippen LogP contribution in [0.1, 0.15) is 32.7 Å². The quantitative estimate of drug-likeness (QED) is 0.224. The molecule has 43 heavy (non-hydrogen) atoms. The molecule has 1 unspecified atom stereocenters. The fourth-order valence-electron chi connectivity index (χ4n) is 5.55. The van der Waals surface area contributed by atoms with E-state index in [1.54, 1.807) is 6.07 Å². The van der Waals surface area contributed by atoms with E-state index in [-0.39, 0.29) is 19.8 Å². The van der Waals surface area contributed by atoms with Crippen molar-refractivity contribution in [1.29, 1.82) is 0 Å². The molecular formula is C35H32N2O6. The number of benzene rings is 4. The molecule has 1 aliphatic rings. The number of fused-ring (bicyclic) bond motifs is 3. The number of aliphatic hydroxyl groups is 1. The molecule has 2 heterocycles. The van der Waals surface area contributed by atoms with Crippen LogP contribution >= 0.6 is 0 Å². The van der Waals surface area contributed by atoms with Crippen LogP contribution in [0.3, 0.4) is 0 Å². The van der Waals surface area contributed by atoms with Crippen molar-refractivity contribution in [1.82, 2.24) is 4.57 Å². The van der Waals surface area contributed by atoms with Gasteiger partial charge in [-0.3, -0.25) is 4.90 Å². The minimum atomic E-state index is -0.824. The maximum atomic E-state index is 13.4. The molecule has 0 saturated carbocycles. The first-order valence-electron chi connectivity index (χ1n) is 14.2. The fraction of sp³-hybridized carbons (Fsp3) is 0.200. The van der Waals surface area contributed by atoms with Crippen LogP contribution in [0.4, 0.5) is 10.5 Å². The monoisotopic (exact) mass is 576 g/mol. The third kappa shape index (κ3) is 5.96. The van der Waals surface area contributed by atoms with Crippen LogP contribution in [0.5, 0.6) is 5.75 Å². The van der Waals surface area contributed by atoms with E-state index in [1.807, 2.05) is 102 Å². The van der Waals surface area contributed by atoms with Crippen LogP contribution in [0.15, 0.2) is 103 Å². The average molecular weight is 577 g/mol. The third-order valence-corrected chi connectivity index (χ3v) is 7.60. The standard InChI is InChI=1S/C35H32N2O6/c1-41-34(39)31-18-29-28-17-27(38)21-37(35(40)43-23-26-15-9-4-10-16-26)30(28)19-32(42-22-25-13-7-3-8-14-25)33(29)36(31)20-24-11-5-2-6-12-24/h2-16,18-19,27,38H,17,20-23H2,1H3. The maximum Gasteiger partial charge on any atom is 0.414 e. The predicted molar refractivity (Wildman–Crippen MR) is 163 cm³/mol. The molecular weight excluding hydrogens is 544 g/mol. The minimum absolute atomic E-state index is 0.0683. The van der Waals surface area contributed by atoms with Crippen LogP contribution in [0, 0.1) is 0 Å². The summed E-state index contributed by atoms with van der Waals surface area (Å²) >= 11 is 0. The van der Waals surface area contributed by atoms with Crippen molar-refractivity contribution in [2.45, 2.75) is 32.3 Å². The van der Waals surface area contributed by atoms with Crippen LogP contribution in [0.2, 0.25) is 0 Å². The molecule has 6 rings (SSSR count). The molecule has 1 amide bonds. The van der Waals surface area contributed by atoms with Crippen molar-refractivity contribution in [2.75, 3.05) is 18.6 Å². The molecule has 4 aromatic carbocycles. The van der Waals surface area contributed by atoms with Crippen molar-refractivity contribution in [3.63, 3.8) is 0 Å². The average Bonchev–Trinajstić information content (AvgIpc) is 3.43. The number of methoxy groups -OCH3 is 1. The molecule has 0 radical (unpaired) electrons. The van der Waals surface area contributed by atoms with Gasteiger partial charge in [-0.05, 0) is 28.3 Å². The van der Waals surface area contributed by atoms with Gasteiger partial charge in [0.05, 0.1) is 31.0 Å². The summed E-state index contributed by atoms with van der Waals surface area (Å²) in [5, 5.41) is 11.6. The second kappa shape index (κ2) is 12.4. The van der Waals surface area contributed by atoms with Crippen LogP contribution < -0.4 is 9.64 Å². The summed E-state index contributed by atoms with van der Waals surface area (Å²) < 4.78 is 19.2. The summed E-state index contributed by atoms with van der Waals surface area (Å²) in [6, 6.07) is 32.6. The number of carbonyl (C=O) groups is 2. The number of aromatic nitrogens is 1. The van der Waals surface area contributed by atoms with Crippen molar-refractivity contribution in [2.24, 2.45) is 0 Å². The van der Waals surface area contributed by atoms with Crippen molar-refractivity contribution in [3.8, 4) is 5.75 Å². The van der Waals surface area contributed by atoms with Gasteiger partial charge >= 0.3 is 12.1 Å². The third-order valence-electron chi connectivity index (χ3n) is 7.60. The highest BCUT2D eigenvalue weighted by atomic mass is 16.6. The SMILES string of the molecule is COC(=O)c1cc2c3c(cc(OCc4ccccc4)c2n1Cc1ccccc1)N(C(=O)OCc1ccccc1)CC(O)C3. The van der Waals surface area contributed by atoms with E-state index in [4.69, 9.17) is 14.2 Å². The molecule has 0 spiro atoms. The number of ether oxygens (including phenoxy) is 3. The molecule has 1 aliphatic heterocycles. The number of esters is 1. The highest BCUT2D eigenvalue weighted by Crippen LogP contribution is 2.42. The Kier molecular flexibility index (Phi) is 8.11. The summed E-state index contributed by atoms with van der Waals surface area (Å²) in [5.41, 5.74) is 5.15. The summed E-state index contributed by atoms with van der Waals surface area (Å²) in [6.07, 6.45) is -1.10. The van der Waals surface area contributed by atoms with E-state index >= 15 is 0 Å². The molecule has 218 valence electrons. The molecule has 0 aliphatic carbocycles. The lowest BCUT2D eigenvalue weighted by Crippen LogP contribution is -2.42. The minimum Gasteiger partial charge on any atom is -0.487 e. The topological polar surface area (TPSA) is 90.2 Å². The van der Waals surface area contributed by atoms with Gasteiger partial charge in [-0.1, -0.05) is 91.0 Å². The van der Waals surface area contributed by atoms with Gasteiger partial charge in [-0.25, -0.2) is 9.59 Å². The molecule has 1 atom stereocenters. The molecule has 0 fully saturated rings. The van der Waals surface area contributed by atoms with Crippen LogP contribution in [-0.2, 0) is 35.7 Å². The first kappa shape index (κ1) is 28.1. The molecule has 8 nitrogen and oxygen atoms in total. The number of aliphatic hydroxyl groups excluding tert-OH is 1. The van der Waals surface area contributed by atoms with Gasteiger partial charge < -0.3 is 23.9 Å². The lowest BCUT2D eigenvalue weighted by atomic mass is 9.96. The van der Waals surface area contributed by atoms with Gasteiger partial charge in [0, 0.05) is 24.4 Å². The number of β-amino-alcohol motifs (C(OH)–C–C–N with tert-alkyl or cyclic N) is 1. The van der Waals surface area contributed by atoms with Crippen molar-refractivity contribution < 1.29 is 28.9 Å². The molecule has 1 N–H and O–H groups in total. The van der Waals surface area contributed by atoms with Gasteiger partial charge in [0.2, 0.25) is 0 Å². The first-order valence-corrected chi connectivity index (χ1v) is 14.2. The largest absolute Gasteiger partial charge is 0.487 e.